The van der Waals surface area contributed by atoms with Gasteiger partial charge in [0.15, 0.2) is 0 Å². The highest BCUT2D eigenvalue weighted by Gasteiger charge is 2.19. The SMILES string of the molecule is CCCCCC(C)N1CC=CNC1=O. The minimum Gasteiger partial charge on any atom is -0.318 e. The van der Waals surface area contributed by atoms with Crippen molar-refractivity contribution >= 4 is 6.03 Å². The molecule has 80 valence electrons. The van der Waals surface area contributed by atoms with Crippen molar-refractivity contribution < 1.29 is 4.79 Å². The number of rotatable bonds is 5. The fourth-order valence-corrected chi connectivity index (χ4v) is 1.69. The van der Waals surface area contributed by atoms with Crippen LogP contribution in [0.25, 0.3) is 0 Å². The molecular weight excluding hydrogens is 176 g/mol. The Bertz CT molecular complexity index is 213. The highest BCUT2D eigenvalue weighted by molar-refractivity contribution is 5.76. The molecule has 2 amide bonds. The number of nitrogens with one attached hydrogen (secondary N) is 1. The number of hydrogen-bond acceptors (Lipinski definition) is 1. The van der Waals surface area contributed by atoms with Crippen LogP contribution in [-0.4, -0.2) is 23.5 Å². The van der Waals surface area contributed by atoms with Crippen molar-refractivity contribution in [3.05, 3.63) is 12.3 Å². The molecule has 3 nitrogen and oxygen atoms in total. The van der Waals surface area contributed by atoms with Crippen LogP contribution in [0.1, 0.15) is 39.5 Å². The van der Waals surface area contributed by atoms with Gasteiger partial charge in [0.2, 0.25) is 0 Å². The molecular formula is C11H20N2O. The van der Waals surface area contributed by atoms with Crippen molar-refractivity contribution in [2.75, 3.05) is 6.54 Å². The van der Waals surface area contributed by atoms with Crippen molar-refractivity contribution in [3.8, 4) is 0 Å². The molecule has 14 heavy (non-hydrogen) atoms. The molecule has 1 aliphatic heterocycles. The highest BCUT2D eigenvalue weighted by Crippen LogP contribution is 2.11. The summed E-state index contributed by atoms with van der Waals surface area (Å²) in [5.41, 5.74) is 0. The zero-order valence-corrected chi connectivity index (χ0v) is 9.12. The number of hydrogen-bond donors (Lipinski definition) is 1. The Labute approximate surface area is 86.2 Å². The molecule has 0 aromatic carbocycles. The zero-order chi connectivity index (χ0) is 10.4. The molecule has 1 aliphatic rings. The smallest absolute Gasteiger partial charge is 0.318 e. The Hall–Kier alpha value is -0.990. The largest absolute Gasteiger partial charge is 0.321 e. The minimum atomic E-state index is 0.0384. The third-order valence-electron chi connectivity index (χ3n) is 2.65. The quantitative estimate of drug-likeness (QED) is 0.673. The summed E-state index contributed by atoms with van der Waals surface area (Å²) in [5, 5.41) is 2.71. The van der Waals surface area contributed by atoms with Crippen LogP contribution in [0.5, 0.6) is 0 Å². The van der Waals surface area contributed by atoms with Crippen LogP contribution in [0.15, 0.2) is 12.3 Å². The Morgan fingerprint density at radius 2 is 2.36 bits per heavy atom. The van der Waals surface area contributed by atoms with E-state index in [1.807, 2.05) is 11.0 Å². The van der Waals surface area contributed by atoms with Gasteiger partial charge >= 0.3 is 6.03 Å². The lowest BCUT2D eigenvalue weighted by atomic mass is 10.1. The first-order valence-electron chi connectivity index (χ1n) is 5.48. The van der Waals surface area contributed by atoms with Crippen LogP contribution in [0, 0.1) is 0 Å². The molecule has 1 atom stereocenters. The predicted octanol–water partition coefficient (Wildman–Crippen LogP) is 2.49. The Balaban J connectivity index is 2.31. The standard InChI is InChI=1S/C11H20N2O/c1-3-4-5-7-10(2)13-9-6-8-12-11(13)14/h6,8,10H,3-5,7,9H2,1-2H3,(H,12,14). The van der Waals surface area contributed by atoms with Gasteiger partial charge in [0.25, 0.3) is 0 Å². The summed E-state index contributed by atoms with van der Waals surface area (Å²) in [6.07, 6.45) is 8.52. The second-order valence-electron chi connectivity index (χ2n) is 3.85. The molecule has 0 fully saturated rings. The molecule has 0 aromatic heterocycles. The zero-order valence-electron chi connectivity index (χ0n) is 9.12. The fraction of sp³-hybridized carbons (Fsp3) is 0.727. The number of amides is 2. The van der Waals surface area contributed by atoms with Crippen LogP contribution in [0.2, 0.25) is 0 Å². The molecule has 0 saturated heterocycles. The number of nitrogens with zero attached hydrogens (tertiary/aromatic N) is 1. The Kier molecular flexibility index (Phi) is 4.50. The summed E-state index contributed by atoms with van der Waals surface area (Å²) in [6.45, 7) is 5.06. The first-order chi connectivity index (χ1) is 6.75. The van der Waals surface area contributed by atoms with Crippen LogP contribution in [0.3, 0.4) is 0 Å². The monoisotopic (exact) mass is 196 g/mol. The lowest BCUT2D eigenvalue weighted by Gasteiger charge is -2.30. The van der Waals surface area contributed by atoms with E-state index >= 15 is 0 Å². The van der Waals surface area contributed by atoms with E-state index in [0.717, 1.165) is 13.0 Å². The maximum absolute atomic E-state index is 11.4. The van der Waals surface area contributed by atoms with Crippen molar-refractivity contribution in [1.29, 1.82) is 0 Å². The van der Waals surface area contributed by atoms with Gasteiger partial charge in [-0.25, -0.2) is 4.79 Å². The maximum Gasteiger partial charge on any atom is 0.321 e. The topological polar surface area (TPSA) is 32.3 Å². The minimum absolute atomic E-state index is 0.0384. The van der Waals surface area contributed by atoms with E-state index < -0.39 is 0 Å². The second-order valence-corrected chi connectivity index (χ2v) is 3.85. The van der Waals surface area contributed by atoms with Crippen LogP contribution in [-0.2, 0) is 0 Å². The van der Waals surface area contributed by atoms with E-state index in [4.69, 9.17) is 0 Å². The summed E-state index contributed by atoms with van der Waals surface area (Å²) in [5.74, 6) is 0. The predicted molar refractivity (Wildman–Crippen MR) is 58.0 cm³/mol. The molecule has 0 spiro atoms. The third-order valence-corrected chi connectivity index (χ3v) is 2.65. The van der Waals surface area contributed by atoms with Gasteiger partial charge in [0.05, 0.1) is 0 Å². The van der Waals surface area contributed by atoms with Gasteiger partial charge in [-0.05, 0) is 19.4 Å². The van der Waals surface area contributed by atoms with E-state index in [-0.39, 0.29) is 6.03 Å². The summed E-state index contributed by atoms with van der Waals surface area (Å²) >= 11 is 0. The molecule has 1 unspecified atom stereocenters. The number of carbonyl (C=O) groups excluding carboxylic acids is 1. The van der Waals surface area contributed by atoms with E-state index in [9.17, 15) is 4.79 Å². The molecule has 0 radical (unpaired) electrons. The normalized spacial score (nSPS) is 18.1. The van der Waals surface area contributed by atoms with Gasteiger partial charge in [0, 0.05) is 18.8 Å². The van der Waals surface area contributed by atoms with Gasteiger partial charge in [-0.15, -0.1) is 0 Å². The number of unbranched alkanes of at least 4 members (excludes halogenated alkanes) is 2. The maximum atomic E-state index is 11.4. The van der Waals surface area contributed by atoms with Gasteiger partial charge in [0.1, 0.15) is 0 Å². The van der Waals surface area contributed by atoms with Crippen molar-refractivity contribution in [3.63, 3.8) is 0 Å². The first-order valence-corrected chi connectivity index (χ1v) is 5.48. The lowest BCUT2D eigenvalue weighted by Crippen LogP contribution is -2.45. The molecule has 3 heteroatoms. The van der Waals surface area contributed by atoms with Crippen LogP contribution < -0.4 is 5.32 Å². The highest BCUT2D eigenvalue weighted by atomic mass is 16.2. The van der Waals surface area contributed by atoms with E-state index in [1.54, 1.807) is 6.20 Å². The molecule has 0 aromatic rings. The van der Waals surface area contributed by atoms with Gasteiger partial charge in [-0.2, -0.15) is 0 Å². The van der Waals surface area contributed by atoms with Crippen molar-refractivity contribution in [2.24, 2.45) is 0 Å². The summed E-state index contributed by atoms with van der Waals surface area (Å²) in [7, 11) is 0. The molecule has 1 rings (SSSR count). The van der Waals surface area contributed by atoms with Gasteiger partial charge < -0.3 is 10.2 Å². The molecule has 0 bridgehead atoms. The summed E-state index contributed by atoms with van der Waals surface area (Å²) < 4.78 is 0. The molecule has 0 aliphatic carbocycles. The summed E-state index contributed by atoms with van der Waals surface area (Å²) in [6, 6.07) is 0.392. The lowest BCUT2D eigenvalue weighted by molar-refractivity contribution is 0.182. The van der Waals surface area contributed by atoms with Gasteiger partial charge in [-0.1, -0.05) is 26.2 Å². The molecule has 1 N–H and O–H groups in total. The number of urea groups is 1. The molecule has 1 heterocycles. The molecule has 0 saturated carbocycles. The first kappa shape index (κ1) is 11.1. The summed E-state index contributed by atoms with van der Waals surface area (Å²) in [4.78, 5) is 13.3. The van der Waals surface area contributed by atoms with E-state index in [0.29, 0.717) is 6.04 Å². The van der Waals surface area contributed by atoms with Gasteiger partial charge in [-0.3, -0.25) is 0 Å². The average molecular weight is 196 g/mol. The Morgan fingerprint density at radius 1 is 1.57 bits per heavy atom. The Morgan fingerprint density at radius 3 is 3.00 bits per heavy atom. The van der Waals surface area contributed by atoms with Crippen LogP contribution in [0.4, 0.5) is 4.79 Å². The fourth-order valence-electron chi connectivity index (χ4n) is 1.69. The van der Waals surface area contributed by atoms with E-state index in [2.05, 4.69) is 19.2 Å². The second kappa shape index (κ2) is 5.68. The van der Waals surface area contributed by atoms with Crippen molar-refractivity contribution in [2.45, 2.75) is 45.6 Å². The number of carbonyl (C=O) groups is 1. The average Bonchev–Trinajstić information content (AvgIpc) is 2.18. The van der Waals surface area contributed by atoms with E-state index in [1.165, 1.54) is 19.3 Å². The van der Waals surface area contributed by atoms with Crippen molar-refractivity contribution in [1.82, 2.24) is 10.2 Å². The van der Waals surface area contributed by atoms with Crippen LogP contribution >= 0.6 is 0 Å². The third kappa shape index (κ3) is 3.05.